The smallest absolute Gasteiger partial charge is 0.266 e. The molecule has 0 fully saturated rings. The first-order valence-corrected chi connectivity index (χ1v) is 8.76. The van der Waals surface area contributed by atoms with Gasteiger partial charge in [-0.05, 0) is 55.9 Å². The molecule has 3 rings (SSSR count). The lowest BCUT2D eigenvalue weighted by atomic mass is 9.90. The Bertz CT molecular complexity index is 684. The molecule has 0 saturated carbocycles. The zero-order valence-electron chi connectivity index (χ0n) is 12.2. The fourth-order valence-corrected chi connectivity index (χ4v) is 4.40. The molecule has 1 aliphatic carbocycles. The van der Waals surface area contributed by atoms with Crippen molar-refractivity contribution in [1.29, 1.82) is 0 Å². The molecule has 0 unspecified atom stereocenters. The molecule has 21 heavy (non-hydrogen) atoms. The van der Waals surface area contributed by atoms with Gasteiger partial charge >= 0.3 is 0 Å². The van der Waals surface area contributed by atoms with Crippen molar-refractivity contribution in [3.8, 4) is 0 Å². The van der Waals surface area contributed by atoms with E-state index in [0.29, 0.717) is 0 Å². The number of nitrogens with one attached hydrogen (secondary N) is 1. The van der Waals surface area contributed by atoms with Crippen molar-refractivity contribution in [3.63, 3.8) is 0 Å². The van der Waals surface area contributed by atoms with Crippen LogP contribution in [0.5, 0.6) is 0 Å². The molecule has 2 aromatic heterocycles. The fourth-order valence-electron chi connectivity index (χ4n) is 2.55. The van der Waals surface area contributed by atoms with Gasteiger partial charge in [-0.1, -0.05) is 6.92 Å². The number of hydrogen-bond donors (Lipinski definition) is 1. The van der Waals surface area contributed by atoms with Crippen LogP contribution in [0.25, 0.3) is 0 Å². The van der Waals surface area contributed by atoms with E-state index in [2.05, 4.69) is 24.4 Å². The van der Waals surface area contributed by atoms with Crippen LogP contribution < -0.4 is 5.43 Å². The molecule has 0 aliphatic heterocycles. The molecule has 110 valence electrons. The summed E-state index contributed by atoms with van der Waals surface area (Å²) in [6.45, 7) is 4.32. The van der Waals surface area contributed by atoms with Crippen LogP contribution in [0.15, 0.2) is 23.3 Å². The summed E-state index contributed by atoms with van der Waals surface area (Å²) >= 11 is 3.27. The van der Waals surface area contributed by atoms with E-state index in [-0.39, 0.29) is 5.91 Å². The Morgan fingerprint density at radius 1 is 1.43 bits per heavy atom. The number of amides is 1. The molecule has 1 atom stereocenters. The standard InChI is InChI=1S/C16H18N2OS2/c1-10-3-6-14-12(7-10)8-15(21-14)16(19)18-17-9-13-5-4-11(2)20-13/h4-5,8-10H,3,6-7H2,1-2H3,(H,18,19)/b17-9-/t10-/m1/s1. The summed E-state index contributed by atoms with van der Waals surface area (Å²) in [5, 5.41) is 4.04. The third-order valence-corrected chi connectivity index (χ3v) is 5.84. The van der Waals surface area contributed by atoms with E-state index in [0.717, 1.165) is 28.5 Å². The topological polar surface area (TPSA) is 41.5 Å². The van der Waals surface area contributed by atoms with E-state index in [9.17, 15) is 4.79 Å². The van der Waals surface area contributed by atoms with Crippen LogP contribution >= 0.6 is 22.7 Å². The predicted molar refractivity (Wildman–Crippen MR) is 89.6 cm³/mol. The van der Waals surface area contributed by atoms with Gasteiger partial charge in [0.1, 0.15) is 0 Å². The lowest BCUT2D eigenvalue weighted by Crippen LogP contribution is -2.16. The van der Waals surface area contributed by atoms with E-state index in [4.69, 9.17) is 0 Å². The summed E-state index contributed by atoms with van der Waals surface area (Å²) in [6, 6.07) is 6.08. The number of nitrogens with zero attached hydrogens (tertiary/aromatic N) is 1. The first-order chi connectivity index (χ1) is 10.1. The van der Waals surface area contributed by atoms with E-state index >= 15 is 0 Å². The Labute approximate surface area is 132 Å². The summed E-state index contributed by atoms with van der Waals surface area (Å²) in [4.78, 5) is 16.6. The van der Waals surface area contributed by atoms with E-state index < -0.39 is 0 Å². The number of carbonyl (C=O) groups excluding carboxylic acids is 1. The number of hydrogen-bond acceptors (Lipinski definition) is 4. The SMILES string of the molecule is Cc1ccc(/C=N\NC(=O)c2cc3c(s2)CC[C@@H](C)C3)s1. The van der Waals surface area contributed by atoms with Gasteiger partial charge < -0.3 is 0 Å². The summed E-state index contributed by atoms with van der Waals surface area (Å²) in [6.07, 6.45) is 5.12. The molecule has 0 aromatic carbocycles. The van der Waals surface area contributed by atoms with Crippen molar-refractivity contribution in [2.24, 2.45) is 11.0 Å². The minimum Gasteiger partial charge on any atom is -0.266 e. The molecule has 0 spiro atoms. The third kappa shape index (κ3) is 3.41. The van der Waals surface area contributed by atoms with Crippen molar-refractivity contribution in [1.82, 2.24) is 5.43 Å². The van der Waals surface area contributed by atoms with Crippen LogP contribution in [0.1, 0.15) is 43.2 Å². The molecule has 0 bridgehead atoms. The van der Waals surface area contributed by atoms with Crippen molar-refractivity contribution >= 4 is 34.8 Å². The van der Waals surface area contributed by atoms with Gasteiger partial charge in [-0.2, -0.15) is 5.10 Å². The van der Waals surface area contributed by atoms with Gasteiger partial charge in [-0.3, -0.25) is 4.79 Å². The van der Waals surface area contributed by atoms with Gasteiger partial charge in [0, 0.05) is 14.6 Å². The second kappa shape index (κ2) is 6.12. The van der Waals surface area contributed by atoms with E-state index in [1.807, 2.05) is 18.2 Å². The summed E-state index contributed by atoms with van der Waals surface area (Å²) in [5.74, 6) is 0.620. The highest BCUT2D eigenvalue weighted by Gasteiger charge is 2.20. The lowest BCUT2D eigenvalue weighted by molar-refractivity contribution is 0.0959. The Morgan fingerprint density at radius 2 is 2.29 bits per heavy atom. The van der Waals surface area contributed by atoms with Crippen LogP contribution in [-0.4, -0.2) is 12.1 Å². The first-order valence-electron chi connectivity index (χ1n) is 7.13. The second-order valence-corrected chi connectivity index (χ2v) is 8.01. The van der Waals surface area contributed by atoms with Crippen LogP contribution in [0.3, 0.4) is 0 Å². The minimum atomic E-state index is -0.105. The van der Waals surface area contributed by atoms with E-state index in [1.54, 1.807) is 28.9 Å². The Kier molecular flexibility index (Phi) is 4.22. The van der Waals surface area contributed by atoms with Gasteiger partial charge in [0.25, 0.3) is 5.91 Å². The maximum atomic E-state index is 12.1. The van der Waals surface area contributed by atoms with Gasteiger partial charge in [0.2, 0.25) is 0 Å². The Morgan fingerprint density at radius 3 is 3.05 bits per heavy atom. The lowest BCUT2D eigenvalue weighted by Gasteiger charge is -2.16. The number of carbonyl (C=O) groups is 1. The van der Waals surface area contributed by atoms with E-state index in [1.165, 1.54) is 21.7 Å². The molecule has 0 radical (unpaired) electrons. The van der Waals surface area contributed by atoms with Crippen molar-refractivity contribution in [2.75, 3.05) is 0 Å². The molecule has 2 heterocycles. The monoisotopic (exact) mass is 318 g/mol. The zero-order chi connectivity index (χ0) is 14.8. The molecular weight excluding hydrogens is 300 g/mol. The molecule has 1 aliphatic rings. The number of rotatable bonds is 3. The van der Waals surface area contributed by atoms with Gasteiger partial charge in [-0.15, -0.1) is 22.7 Å². The fraction of sp³-hybridized carbons (Fsp3) is 0.375. The Balaban J connectivity index is 1.64. The zero-order valence-corrected chi connectivity index (χ0v) is 13.8. The van der Waals surface area contributed by atoms with Gasteiger partial charge in [0.15, 0.2) is 0 Å². The molecule has 5 heteroatoms. The minimum absolute atomic E-state index is 0.105. The van der Waals surface area contributed by atoms with Crippen molar-refractivity contribution < 1.29 is 4.79 Å². The summed E-state index contributed by atoms with van der Waals surface area (Å²) in [7, 11) is 0. The number of fused-ring (bicyclic) bond motifs is 1. The summed E-state index contributed by atoms with van der Waals surface area (Å²) in [5.41, 5.74) is 3.97. The number of hydrazone groups is 1. The second-order valence-electron chi connectivity index (χ2n) is 5.55. The number of thiophene rings is 2. The van der Waals surface area contributed by atoms with Crippen LogP contribution in [0.2, 0.25) is 0 Å². The maximum Gasteiger partial charge on any atom is 0.281 e. The third-order valence-electron chi connectivity index (χ3n) is 3.67. The highest BCUT2D eigenvalue weighted by molar-refractivity contribution is 7.14. The van der Waals surface area contributed by atoms with Crippen LogP contribution in [-0.2, 0) is 12.8 Å². The molecular formula is C16H18N2OS2. The Hall–Kier alpha value is -1.46. The van der Waals surface area contributed by atoms with Gasteiger partial charge in [-0.25, -0.2) is 5.43 Å². The normalized spacial score (nSPS) is 17.9. The molecule has 2 aromatic rings. The summed E-state index contributed by atoms with van der Waals surface area (Å²) < 4.78 is 0. The maximum absolute atomic E-state index is 12.1. The highest BCUT2D eigenvalue weighted by Crippen LogP contribution is 2.32. The van der Waals surface area contributed by atoms with Gasteiger partial charge in [0.05, 0.1) is 11.1 Å². The molecule has 3 nitrogen and oxygen atoms in total. The average molecular weight is 318 g/mol. The number of aryl methyl sites for hydroxylation is 2. The molecule has 1 amide bonds. The first kappa shape index (κ1) is 14.5. The van der Waals surface area contributed by atoms with Crippen molar-refractivity contribution in [3.05, 3.63) is 43.3 Å². The van der Waals surface area contributed by atoms with Crippen LogP contribution in [0.4, 0.5) is 0 Å². The predicted octanol–water partition coefficient (Wildman–Crippen LogP) is 4.01. The quantitative estimate of drug-likeness (QED) is 0.674. The highest BCUT2D eigenvalue weighted by atomic mass is 32.1. The van der Waals surface area contributed by atoms with Crippen LogP contribution in [0, 0.1) is 12.8 Å². The molecule has 1 N–H and O–H groups in total. The average Bonchev–Trinajstić information content (AvgIpc) is 3.04. The molecule has 0 saturated heterocycles. The van der Waals surface area contributed by atoms with Crippen molar-refractivity contribution in [2.45, 2.75) is 33.1 Å². The largest absolute Gasteiger partial charge is 0.281 e.